The van der Waals surface area contributed by atoms with E-state index >= 15 is 0 Å². The van der Waals surface area contributed by atoms with Crippen LogP contribution >= 0.6 is 0 Å². The molecule has 0 aromatic heterocycles. The van der Waals surface area contributed by atoms with Crippen molar-refractivity contribution < 1.29 is 4.74 Å². The summed E-state index contributed by atoms with van der Waals surface area (Å²) >= 11 is 0. The summed E-state index contributed by atoms with van der Waals surface area (Å²) < 4.78 is 5.82. The molecule has 2 unspecified atom stereocenters. The van der Waals surface area contributed by atoms with Crippen molar-refractivity contribution in [1.82, 2.24) is 5.32 Å². The van der Waals surface area contributed by atoms with E-state index in [1.807, 2.05) is 0 Å². The third kappa shape index (κ3) is 4.54. The van der Waals surface area contributed by atoms with Crippen LogP contribution in [0.15, 0.2) is 24.3 Å². The molecule has 0 radical (unpaired) electrons. The maximum atomic E-state index is 5.82. The van der Waals surface area contributed by atoms with E-state index < -0.39 is 0 Å². The van der Waals surface area contributed by atoms with E-state index in [1.54, 1.807) is 0 Å². The van der Waals surface area contributed by atoms with E-state index in [4.69, 9.17) is 4.74 Å². The maximum Gasteiger partial charge on any atom is 0.119 e. The Labute approximate surface area is 117 Å². The van der Waals surface area contributed by atoms with E-state index in [1.165, 1.54) is 24.9 Å². The first kappa shape index (κ1) is 14.4. The van der Waals surface area contributed by atoms with Gasteiger partial charge in [0.2, 0.25) is 0 Å². The second-order valence-corrected chi connectivity index (χ2v) is 5.72. The van der Waals surface area contributed by atoms with Gasteiger partial charge in [-0.25, -0.2) is 0 Å². The largest absolute Gasteiger partial charge is 0.491 e. The fourth-order valence-electron chi connectivity index (χ4n) is 2.22. The lowest BCUT2D eigenvalue weighted by atomic mass is 10.0. The Balaban J connectivity index is 1.90. The van der Waals surface area contributed by atoms with Crippen LogP contribution in [0.5, 0.6) is 5.75 Å². The molecule has 1 aliphatic carbocycles. The van der Waals surface area contributed by atoms with Crippen molar-refractivity contribution in [1.29, 1.82) is 0 Å². The van der Waals surface area contributed by atoms with Crippen molar-refractivity contribution in [2.45, 2.75) is 58.6 Å². The van der Waals surface area contributed by atoms with Crippen LogP contribution in [0.25, 0.3) is 0 Å². The average Bonchev–Trinajstić information content (AvgIpc) is 3.25. The Bertz CT molecular complexity index is 369. The van der Waals surface area contributed by atoms with Crippen LogP contribution in [0.2, 0.25) is 0 Å². The summed E-state index contributed by atoms with van der Waals surface area (Å²) in [6, 6.07) is 9.09. The van der Waals surface area contributed by atoms with E-state index in [0.29, 0.717) is 12.1 Å². The molecule has 1 aromatic carbocycles. The van der Waals surface area contributed by atoms with Crippen molar-refractivity contribution >= 4 is 0 Å². The normalized spacial score (nSPS) is 18.1. The Morgan fingerprint density at radius 3 is 2.37 bits per heavy atom. The highest BCUT2D eigenvalue weighted by atomic mass is 16.5. The molecule has 19 heavy (non-hydrogen) atoms. The lowest BCUT2D eigenvalue weighted by Gasteiger charge is -2.18. The molecular formula is C17H27NO. The fraction of sp³-hybridized carbons (Fsp3) is 0.647. The van der Waals surface area contributed by atoms with Gasteiger partial charge in [-0.2, -0.15) is 0 Å². The lowest BCUT2D eigenvalue weighted by molar-refractivity contribution is 0.217. The van der Waals surface area contributed by atoms with Crippen LogP contribution in [0, 0.1) is 5.92 Å². The van der Waals surface area contributed by atoms with Crippen LogP contribution in [-0.4, -0.2) is 12.6 Å². The molecule has 1 N–H and O–H groups in total. The van der Waals surface area contributed by atoms with Gasteiger partial charge < -0.3 is 10.1 Å². The highest BCUT2D eigenvalue weighted by molar-refractivity contribution is 5.29. The molecule has 0 amide bonds. The van der Waals surface area contributed by atoms with Gasteiger partial charge in [0.25, 0.3) is 0 Å². The molecule has 1 saturated carbocycles. The van der Waals surface area contributed by atoms with Gasteiger partial charge in [0.1, 0.15) is 5.75 Å². The number of hydrogen-bond donors (Lipinski definition) is 1. The van der Waals surface area contributed by atoms with E-state index in [0.717, 1.165) is 24.5 Å². The molecule has 0 saturated heterocycles. The predicted octanol–water partition coefficient (Wildman–Crippen LogP) is 4.31. The number of rotatable bonds is 8. The third-order valence-corrected chi connectivity index (χ3v) is 3.95. The van der Waals surface area contributed by atoms with Crippen molar-refractivity contribution in [3.63, 3.8) is 0 Å². The summed E-state index contributed by atoms with van der Waals surface area (Å²) in [6.07, 6.45) is 5.29. The second-order valence-electron chi connectivity index (χ2n) is 5.72. The summed E-state index contributed by atoms with van der Waals surface area (Å²) in [7, 11) is 0. The van der Waals surface area contributed by atoms with Gasteiger partial charge in [0, 0.05) is 6.04 Å². The van der Waals surface area contributed by atoms with Gasteiger partial charge in [-0.15, -0.1) is 0 Å². The minimum Gasteiger partial charge on any atom is -0.491 e. The molecule has 1 fully saturated rings. The van der Waals surface area contributed by atoms with Crippen LogP contribution in [0.1, 0.15) is 58.1 Å². The molecule has 0 spiro atoms. The Morgan fingerprint density at radius 2 is 1.84 bits per heavy atom. The summed E-state index contributed by atoms with van der Waals surface area (Å²) in [5.41, 5.74) is 1.37. The molecule has 1 aliphatic rings. The first-order valence-electron chi connectivity index (χ1n) is 7.72. The van der Waals surface area contributed by atoms with Crippen LogP contribution in [0.3, 0.4) is 0 Å². The fourth-order valence-corrected chi connectivity index (χ4v) is 2.22. The highest BCUT2D eigenvalue weighted by Gasteiger charge is 2.22. The van der Waals surface area contributed by atoms with E-state index in [-0.39, 0.29) is 0 Å². The molecule has 0 bridgehead atoms. The second kappa shape index (κ2) is 6.95. The van der Waals surface area contributed by atoms with Crippen molar-refractivity contribution in [2.75, 3.05) is 6.54 Å². The van der Waals surface area contributed by atoms with Gasteiger partial charge >= 0.3 is 0 Å². The molecule has 2 heteroatoms. The number of benzene rings is 1. The van der Waals surface area contributed by atoms with E-state index in [9.17, 15) is 0 Å². The first-order valence-corrected chi connectivity index (χ1v) is 7.72. The van der Waals surface area contributed by atoms with Gasteiger partial charge in [-0.1, -0.05) is 26.0 Å². The van der Waals surface area contributed by atoms with Crippen LogP contribution < -0.4 is 10.1 Å². The Morgan fingerprint density at radius 1 is 1.16 bits per heavy atom. The lowest BCUT2D eigenvalue weighted by Crippen LogP contribution is -2.23. The van der Waals surface area contributed by atoms with Crippen molar-refractivity contribution in [3.8, 4) is 5.75 Å². The summed E-state index contributed by atoms with van der Waals surface area (Å²) in [5, 5.41) is 3.68. The van der Waals surface area contributed by atoms with Crippen LogP contribution in [-0.2, 0) is 0 Å². The maximum absolute atomic E-state index is 5.82. The average molecular weight is 261 g/mol. The van der Waals surface area contributed by atoms with Gasteiger partial charge in [0.05, 0.1) is 6.10 Å². The smallest absolute Gasteiger partial charge is 0.119 e. The molecule has 0 heterocycles. The molecule has 0 aliphatic heterocycles. The molecular weight excluding hydrogens is 234 g/mol. The Hall–Kier alpha value is -1.02. The van der Waals surface area contributed by atoms with Crippen molar-refractivity contribution in [2.24, 2.45) is 5.92 Å². The minimum atomic E-state index is 0.292. The third-order valence-electron chi connectivity index (χ3n) is 3.95. The molecule has 1 aromatic rings. The minimum absolute atomic E-state index is 0.292. The standard InChI is InChI=1S/C17H27NO/c1-4-13(3)19-16-10-8-15(9-11-16)17(5-2)18-12-14-6-7-14/h8-11,13-14,17-18H,4-7,12H2,1-3H3. The zero-order valence-electron chi connectivity index (χ0n) is 12.5. The predicted molar refractivity (Wildman–Crippen MR) is 80.6 cm³/mol. The molecule has 2 nitrogen and oxygen atoms in total. The monoisotopic (exact) mass is 261 g/mol. The van der Waals surface area contributed by atoms with Crippen LogP contribution in [0.4, 0.5) is 0 Å². The summed E-state index contributed by atoms with van der Waals surface area (Å²) in [5.74, 6) is 1.91. The van der Waals surface area contributed by atoms with Crippen molar-refractivity contribution in [3.05, 3.63) is 29.8 Å². The number of hydrogen-bond acceptors (Lipinski definition) is 2. The SMILES string of the molecule is CCC(C)Oc1ccc(C(CC)NCC2CC2)cc1. The quantitative estimate of drug-likeness (QED) is 0.752. The summed E-state index contributed by atoms with van der Waals surface area (Å²) in [6.45, 7) is 7.67. The summed E-state index contributed by atoms with van der Waals surface area (Å²) in [4.78, 5) is 0. The van der Waals surface area contributed by atoms with Gasteiger partial charge in [-0.3, -0.25) is 0 Å². The van der Waals surface area contributed by atoms with Gasteiger partial charge in [0.15, 0.2) is 0 Å². The van der Waals surface area contributed by atoms with E-state index in [2.05, 4.69) is 50.4 Å². The first-order chi connectivity index (χ1) is 9.22. The number of nitrogens with one attached hydrogen (secondary N) is 1. The molecule has 2 rings (SSSR count). The topological polar surface area (TPSA) is 21.3 Å². The van der Waals surface area contributed by atoms with Gasteiger partial charge in [-0.05, 0) is 62.8 Å². The molecule has 106 valence electrons. The zero-order valence-corrected chi connectivity index (χ0v) is 12.5. The molecule has 2 atom stereocenters. The zero-order chi connectivity index (χ0) is 13.7. The highest BCUT2D eigenvalue weighted by Crippen LogP contribution is 2.29. The number of ether oxygens (including phenoxy) is 1. The Kier molecular flexibility index (Phi) is 5.26.